The molecule has 4 aromatic rings. The van der Waals surface area contributed by atoms with Crippen molar-refractivity contribution in [2.24, 2.45) is 0 Å². The van der Waals surface area contributed by atoms with Crippen LogP contribution in [0.25, 0.3) is 22.5 Å². The molecule has 0 saturated heterocycles. The summed E-state index contributed by atoms with van der Waals surface area (Å²) < 4.78 is 2.99. The molecule has 2 aromatic heterocycles. The molecular weight excluding hydrogens is 679 g/mol. The largest absolute Gasteiger partial charge is 0.399 e. The fourth-order valence-corrected chi connectivity index (χ4v) is 5.89. The molecule has 2 saturated carbocycles. The molecule has 0 spiro atoms. The van der Waals surface area contributed by atoms with Crippen LogP contribution in [0.15, 0.2) is 73.6 Å². The molecule has 0 bridgehead atoms. The number of rotatable bonds is 5. The number of hydrogen-bond donors (Lipinski definition) is 1. The number of nitrogen functional groups attached to an aromatic ring is 1. The number of carbonyl (C=O) groups excluding carboxylic acids is 2. The summed E-state index contributed by atoms with van der Waals surface area (Å²) in [5, 5.41) is 10.9. The minimum atomic E-state index is -0.445. The Kier molecular flexibility index (Phi) is 12.8. The number of nitro benzene ring substituents is 1. The summed E-state index contributed by atoms with van der Waals surface area (Å²) in [6, 6.07) is 14.2. The molecule has 2 aromatic carbocycles. The number of carbonyl (C=O) groups is 2. The van der Waals surface area contributed by atoms with E-state index in [1.807, 2.05) is 43.3 Å². The second-order valence-electron chi connectivity index (χ2n) is 11.4. The monoisotopic (exact) mass is 722 g/mol. The van der Waals surface area contributed by atoms with Gasteiger partial charge in [0.1, 0.15) is 12.7 Å². The van der Waals surface area contributed by atoms with Gasteiger partial charge in [0.15, 0.2) is 0 Å². The molecule has 250 valence electrons. The molecule has 2 N–H and O–H groups in total. The van der Waals surface area contributed by atoms with Gasteiger partial charge >= 0.3 is 12.1 Å². The Balaban J connectivity index is 0.000000308. The van der Waals surface area contributed by atoms with E-state index < -0.39 is 4.92 Å². The van der Waals surface area contributed by atoms with Gasteiger partial charge in [-0.25, -0.2) is 19.6 Å². The number of benzene rings is 2. The average Bonchev–Trinajstić information content (AvgIpc) is 3.87. The SMILES string of the molecule is C.CN(C(=O)n1cnc(-c2cccc(N)c2)c1)C1CCCC1.CN(C(=O)n1cnc(-c2cccc([N+](=O)[O-])c2)c1)C1CCCC1.[HH].[Pd]. The van der Waals surface area contributed by atoms with E-state index in [1.54, 1.807) is 40.3 Å². The van der Waals surface area contributed by atoms with E-state index in [0.717, 1.165) is 49.8 Å². The van der Waals surface area contributed by atoms with Gasteiger partial charge in [-0.3, -0.25) is 19.2 Å². The van der Waals surface area contributed by atoms with Gasteiger partial charge in [-0.1, -0.05) is 57.4 Å². The zero-order valence-electron chi connectivity index (χ0n) is 25.4. The summed E-state index contributed by atoms with van der Waals surface area (Å²) in [7, 11) is 3.68. The number of anilines is 1. The molecule has 2 aliphatic rings. The van der Waals surface area contributed by atoms with Crippen LogP contribution >= 0.6 is 0 Å². The summed E-state index contributed by atoms with van der Waals surface area (Å²) >= 11 is 0. The Morgan fingerprint density at radius 1 is 0.826 bits per heavy atom. The first-order chi connectivity index (χ1) is 21.2. The maximum atomic E-state index is 12.5. The maximum absolute atomic E-state index is 12.5. The van der Waals surface area contributed by atoms with Gasteiger partial charge in [0.2, 0.25) is 0 Å². The maximum Gasteiger partial charge on any atom is 0.329 e. The van der Waals surface area contributed by atoms with Crippen LogP contribution in [0.3, 0.4) is 0 Å². The van der Waals surface area contributed by atoms with Crippen LogP contribution in [-0.4, -0.2) is 72.1 Å². The quantitative estimate of drug-likeness (QED) is 0.0996. The third-order valence-corrected chi connectivity index (χ3v) is 8.49. The van der Waals surface area contributed by atoms with Gasteiger partial charge in [0.25, 0.3) is 5.69 Å². The second kappa shape index (κ2) is 16.3. The van der Waals surface area contributed by atoms with Crippen molar-refractivity contribution in [2.45, 2.75) is 70.9 Å². The number of nitrogens with two attached hydrogens (primary N) is 1. The van der Waals surface area contributed by atoms with Gasteiger partial charge < -0.3 is 15.5 Å². The van der Waals surface area contributed by atoms with Crippen molar-refractivity contribution in [3.05, 3.63) is 83.7 Å². The molecule has 0 radical (unpaired) electrons. The standard InChI is InChI=1S/C16H18N4O3.C16H20N4O.CH4.Pd.H2/c1-18(13-6-2-3-7-13)16(21)19-10-15(17-11-19)12-5-4-8-14(9-12)20(22)23;1-19(14-7-2-3-8-14)16(21)20-10-15(18-11-20)12-5-4-6-13(17)9-12;;;/h4-5,8-11,13H,2-3,6-7H2,1H3;4-6,9-11,14H,2-3,7-8,17H2,1H3;1H4;;1H. The Hall–Kier alpha value is -4.34. The normalized spacial score (nSPS) is 14.4. The first kappa shape index (κ1) is 36.1. The fraction of sp³-hybridized carbons (Fsp3) is 0.394. The van der Waals surface area contributed by atoms with E-state index in [2.05, 4.69) is 9.97 Å². The Labute approximate surface area is 284 Å². The first-order valence-electron chi connectivity index (χ1n) is 14.9. The molecular formula is C33H44N8O4Pd. The minimum Gasteiger partial charge on any atom is -0.399 e. The van der Waals surface area contributed by atoms with E-state index in [4.69, 9.17) is 5.73 Å². The topological polar surface area (TPSA) is 145 Å². The van der Waals surface area contributed by atoms with Crippen molar-refractivity contribution in [1.29, 1.82) is 0 Å². The van der Waals surface area contributed by atoms with Crippen molar-refractivity contribution < 1.29 is 36.4 Å². The van der Waals surface area contributed by atoms with Crippen molar-refractivity contribution >= 4 is 23.4 Å². The molecule has 46 heavy (non-hydrogen) atoms. The third kappa shape index (κ3) is 8.47. The Morgan fingerprint density at radius 3 is 1.70 bits per heavy atom. The number of imidazole rings is 2. The van der Waals surface area contributed by atoms with Crippen molar-refractivity contribution in [1.82, 2.24) is 28.9 Å². The van der Waals surface area contributed by atoms with Crippen LogP contribution < -0.4 is 5.73 Å². The van der Waals surface area contributed by atoms with Crippen molar-refractivity contribution in [3.8, 4) is 22.5 Å². The molecule has 2 fully saturated rings. The average molecular weight is 723 g/mol. The zero-order valence-corrected chi connectivity index (χ0v) is 27.0. The van der Waals surface area contributed by atoms with Crippen LogP contribution in [0.2, 0.25) is 0 Å². The molecule has 0 aliphatic heterocycles. The number of hydrogen-bond acceptors (Lipinski definition) is 7. The molecule has 12 nitrogen and oxygen atoms in total. The summed E-state index contributed by atoms with van der Waals surface area (Å²) in [6.45, 7) is 0. The Morgan fingerprint density at radius 2 is 1.26 bits per heavy atom. The van der Waals surface area contributed by atoms with Crippen LogP contribution in [0, 0.1) is 10.1 Å². The van der Waals surface area contributed by atoms with Crippen LogP contribution in [0.4, 0.5) is 21.0 Å². The smallest absolute Gasteiger partial charge is 0.329 e. The first-order valence-corrected chi connectivity index (χ1v) is 14.9. The van der Waals surface area contributed by atoms with Gasteiger partial charge in [-0.15, -0.1) is 0 Å². The summed E-state index contributed by atoms with van der Waals surface area (Å²) in [6.07, 6.45) is 15.4. The van der Waals surface area contributed by atoms with Gasteiger partial charge in [-0.05, 0) is 37.8 Å². The zero-order chi connectivity index (χ0) is 31.2. The molecule has 13 heteroatoms. The van der Waals surface area contributed by atoms with E-state index in [0.29, 0.717) is 23.0 Å². The van der Waals surface area contributed by atoms with Crippen LogP contribution in [0.1, 0.15) is 60.2 Å². The number of nitro groups is 1. The summed E-state index contributed by atoms with van der Waals surface area (Å²) in [4.78, 5) is 47.5. The molecule has 2 aliphatic carbocycles. The van der Waals surface area contributed by atoms with Gasteiger partial charge in [-0.2, -0.15) is 0 Å². The predicted molar refractivity (Wildman–Crippen MR) is 177 cm³/mol. The van der Waals surface area contributed by atoms with E-state index in [9.17, 15) is 19.7 Å². The van der Waals surface area contributed by atoms with Gasteiger partial charge in [0.05, 0.1) is 16.3 Å². The third-order valence-electron chi connectivity index (χ3n) is 8.49. The molecule has 6 rings (SSSR count). The van der Waals surface area contributed by atoms with Crippen LogP contribution in [-0.2, 0) is 20.4 Å². The molecule has 2 amide bonds. The van der Waals surface area contributed by atoms with E-state index in [1.165, 1.54) is 35.9 Å². The predicted octanol–water partition coefficient (Wildman–Crippen LogP) is 7.16. The summed E-state index contributed by atoms with van der Waals surface area (Å²) in [5.41, 5.74) is 9.33. The number of amides is 2. The van der Waals surface area contributed by atoms with Crippen molar-refractivity contribution in [3.63, 3.8) is 0 Å². The number of aromatic nitrogens is 4. The van der Waals surface area contributed by atoms with E-state index >= 15 is 0 Å². The fourth-order valence-electron chi connectivity index (χ4n) is 5.89. The molecule has 0 unspecified atom stereocenters. The van der Waals surface area contributed by atoms with Gasteiger partial charge in [0, 0.05) is 89.4 Å². The van der Waals surface area contributed by atoms with Crippen molar-refractivity contribution in [2.75, 3.05) is 19.8 Å². The van der Waals surface area contributed by atoms with Crippen LogP contribution in [0.5, 0.6) is 0 Å². The number of non-ortho nitro benzene ring substituents is 1. The Bertz CT molecular complexity index is 1630. The van der Waals surface area contributed by atoms with E-state index in [-0.39, 0.29) is 53.1 Å². The molecule has 0 atom stereocenters. The molecule has 2 heterocycles. The summed E-state index contributed by atoms with van der Waals surface area (Å²) in [5.74, 6) is 0. The second-order valence-corrected chi connectivity index (χ2v) is 11.4. The number of nitrogens with zero attached hydrogens (tertiary/aromatic N) is 7. The minimum absolute atomic E-state index is 0.